The molecule has 1 aliphatic carbocycles. The minimum absolute atomic E-state index is 0.233. The van der Waals surface area contributed by atoms with Gasteiger partial charge in [-0.1, -0.05) is 29.8 Å². The van der Waals surface area contributed by atoms with Gasteiger partial charge in [-0.15, -0.1) is 0 Å². The number of imidazole rings is 1. The second-order valence-corrected chi connectivity index (χ2v) is 9.69. The van der Waals surface area contributed by atoms with E-state index >= 15 is 0 Å². The monoisotopic (exact) mass is 461 g/mol. The van der Waals surface area contributed by atoms with E-state index in [0.717, 1.165) is 46.6 Å². The van der Waals surface area contributed by atoms with Gasteiger partial charge in [0.1, 0.15) is 11.6 Å². The zero-order valence-electron chi connectivity index (χ0n) is 18.2. The summed E-state index contributed by atoms with van der Waals surface area (Å²) in [6, 6.07) is 15.3. The number of fused-ring (bicyclic) bond motifs is 1. The van der Waals surface area contributed by atoms with Gasteiger partial charge in [0.05, 0.1) is 22.4 Å². The highest BCUT2D eigenvalue weighted by atomic mass is 35.5. The molecule has 2 unspecified atom stereocenters. The third-order valence-corrected chi connectivity index (χ3v) is 7.60. The van der Waals surface area contributed by atoms with Crippen LogP contribution in [0.15, 0.2) is 61.1 Å². The molecule has 168 valence electrons. The molecule has 2 fully saturated rings. The van der Waals surface area contributed by atoms with Crippen molar-refractivity contribution < 1.29 is 4.39 Å². The van der Waals surface area contributed by atoms with Crippen molar-refractivity contribution in [3.63, 3.8) is 0 Å². The Bertz CT molecular complexity index is 1330. The lowest BCUT2D eigenvalue weighted by Gasteiger charge is -2.47. The molecule has 2 atom stereocenters. The van der Waals surface area contributed by atoms with E-state index in [1.54, 1.807) is 24.7 Å². The first-order valence-electron chi connectivity index (χ1n) is 11.4. The van der Waals surface area contributed by atoms with Crippen LogP contribution in [-0.4, -0.2) is 33.7 Å². The van der Waals surface area contributed by atoms with Crippen LogP contribution in [0.2, 0.25) is 5.02 Å². The molecule has 0 bridgehead atoms. The number of nitrogens with zero attached hydrogens (tertiary/aromatic N) is 3. The van der Waals surface area contributed by atoms with Gasteiger partial charge >= 0.3 is 0 Å². The molecule has 1 aliphatic heterocycles. The molecule has 5 nitrogen and oxygen atoms in total. The molecule has 1 saturated heterocycles. The molecule has 0 radical (unpaired) electrons. The summed E-state index contributed by atoms with van der Waals surface area (Å²) < 4.78 is 15.7. The number of aromatic nitrogens is 3. The summed E-state index contributed by atoms with van der Waals surface area (Å²) in [6.45, 7) is 2.73. The summed E-state index contributed by atoms with van der Waals surface area (Å²) in [6.07, 6.45) is 7.19. The first-order chi connectivity index (χ1) is 16.1. The molecule has 2 N–H and O–H groups in total. The van der Waals surface area contributed by atoms with Crippen LogP contribution in [0.4, 0.5) is 10.2 Å². The number of hydrogen-bond acceptors (Lipinski definition) is 4. The highest BCUT2D eigenvalue weighted by molar-refractivity contribution is 6.33. The molecular weight excluding hydrogens is 437 g/mol. The van der Waals surface area contributed by atoms with E-state index in [9.17, 15) is 4.39 Å². The van der Waals surface area contributed by atoms with Crippen molar-refractivity contribution in [2.45, 2.75) is 31.8 Å². The molecule has 2 aromatic heterocycles. The first kappa shape index (κ1) is 20.6. The molecule has 1 saturated carbocycles. The summed E-state index contributed by atoms with van der Waals surface area (Å²) in [5, 5.41) is 7.79. The average molecular weight is 462 g/mol. The van der Waals surface area contributed by atoms with Gasteiger partial charge in [0.2, 0.25) is 0 Å². The van der Waals surface area contributed by atoms with Crippen molar-refractivity contribution in [2.75, 3.05) is 18.4 Å². The smallest absolute Gasteiger partial charge is 0.126 e. The Morgan fingerprint density at radius 3 is 2.88 bits per heavy atom. The van der Waals surface area contributed by atoms with Gasteiger partial charge < -0.3 is 15.2 Å². The minimum Gasteiger partial charge on any atom is -0.367 e. The van der Waals surface area contributed by atoms with E-state index in [1.165, 1.54) is 25.3 Å². The predicted molar refractivity (Wildman–Crippen MR) is 130 cm³/mol. The fourth-order valence-corrected chi connectivity index (χ4v) is 5.51. The maximum Gasteiger partial charge on any atom is 0.126 e. The maximum absolute atomic E-state index is 13.6. The van der Waals surface area contributed by atoms with Crippen molar-refractivity contribution in [1.82, 2.24) is 19.9 Å². The SMILES string of the molecule is Fc1cccc(Cn2cnc3ccc(-c4cc(NC5CCC56CCNC6)ncc4Cl)cc32)c1. The number of halogens is 2. The predicted octanol–water partition coefficient (Wildman–Crippen LogP) is 5.49. The Morgan fingerprint density at radius 2 is 2.09 bits per heavy atom. The van der Waals surface area contributed by atoms with Crippen LogP contribution in [-0.2, 0) is 6.54 Å². The van der Waals surface area contributed by atoms with E-state index in [4.69, 9.17) is 11.6 Å². The average Bonchev–Trinajstić information content (AvgIpc) is 3.47. The van der Waals surface area contributed by atoms with Gasteiger partial charge in [-0.3, -0.25) is 0 Å². The maximum atomic E-state index is 13.6. The van der Waals surface area contributed by atoms with Crippen LogP contribution in [0.5, 0.6) is 0 Å². The van der Waals surface area contributed by atoms with E-state index in [-0.39, 0.29) is 5.82 Å². The lowest BCUT2D eigenvalue weighted by Crippen LogP contribution is -2.51. The van der Waals surface area contributed by atoms with Crippen molar-refractivity contribution in [3.05, 3.63) is 77.5 Å². The molecule has 0 amide bonds. The minimum atomic E-state index is -0.233. The van der Waals surface area contributed by atoms with Gasteiger partial charge in [0, 0.05) is 36.3 Å². The van der Waals surface area contributed by atoms with E-state index in [0.29, 0.717) is 23.0 Å². The Balaban J connectivity index is 1.30. The van der Waals surface area contributed by atoms with Gasteiger partial charge in [0.15, 0.2) is 0 Å². The van der Waals surface area contributed by atoms with Crippen molar-refractivity contribution >= 4 is 28.5 Å². The highest BCUT2D eigenvalue weighted by Crippen LogP contribution is 2.47. The zero-order chi connectivity index (χ0) is 22.4. The molecule has 33 heavy (non-hydrogen) atoms. The molecular formula is C26H25ClFN5. The molecule has 2 aliphatic rings. The second kappa shape index (κ2) is 8.12. The second-order valence-electron chi connectivity index (χ2n) is 9.28. The summed E-state index contributed by atoms with van der Waals surface area (Å²) in [4.78, 5) is 9.07. The number of hydrogen-bond donors (Lipinski definition) is 2. The molecule has 1 spiro atoms. The lowest BCUT2D eigenvalue weighted by molar-refractivity contribution is 0.134. The molecule has 7 heteroatoms. The topological polar surface area (TPSA) is 54.8 Å². The Kier molecular flexibility index (Phi) is 5.07. The van der Waals surface area contributed by atoms with Crippen LogP contribution in [0.3, 0.4) is 0 Å². The molecule has 6 rings (SSSR count). The fraction of sp³-hybridized carbons (Fsp3) is 0.308. The summed E-state index contributed by atoms with van der Waals surface area (Å²) in [5.74, 6) is 0.626. The Morgan fingerprint density at radius 1 is 1.15 bits per heavy atom. The van der Waals surface area contributed by atoms with Crippen LogP contribution >= 0.6 is 11.6 Å². The van der Waals surface area contributed by atoms with Gasteiger partial charge in [-0.25, -0.2) is 14.4 Å². The third kappa shape index (κ3) is 3.77. The van der Waals surface area contributed by atoms with Gasteiger partial charge in [-0.2, -0.15) is 0 Å². The van der Waals surface area contributed by atoms with Gasteiger partial charge in [0.25, 0.3) is 0 Å². The van der Waals surface area contributed by atoms with Crippen molar-refractivity contribution in [1.29, 1.82) is 0 Å². The zero-order valence-corrected chi connectivity index (χ0v) is 18.9. The Labute approximate surface area is 197 Å². The van der Waals surface area contributed by atoms with E-state index in [1.807, 2.05) is 28.8 Å². The van der Waals surface area contributed by atoms with E-state index < -0.39 is 0 Å². The number of anilines is 1. The van der Waals surface area contributed by atoms with Gasteiger partial charge in [-0.05, 0) is 67.3 Å². The fourth-order valence-electron chi connectivity index (χ4n) is 5.30. The Hall–Kier alpha value is -2.96. The normalized spacial score (nSPS) is 22.1. The largest absolute Gasteiger partial charge is 0.367 e. The highest BCUT2D eigenvalue weighted by Gasteiger charge is 2.48. The molecule has 2 aromatic carbocycles. The number of rotatable bonds is 5. The molecule has 3 heterocycles. The van der Waals surface area contributed by atoms with Crippen LogP contribution in [0.25, 0.3) is 22.2 Å². The lowest BCUT2D eigenvalue weighted by atomic mass is 9.64. The quantitative estimate of drug-likeness (QED) is 0.412. The van der Waals surface area contributed by atoms with Crippen LogP contribution < -0.4 is 10.6 Å². The summed E-state index contributed by atoms with van der Waals surface area (Å²) in [7, 11) is 0. The van der Waals surface area contributed by atoms with E-state index in [2.05, 4.69) is 26.7 Å². The number of pyridine rings is 1. The summed E-state index contributed by atoms with van der Waals surface area (Å²) in [5.41, 5.74) is 5.07. The van der Waals surface area contributed by atoms with Crippen molar-refractivity contribution in [2.24, 2.45) is 5.41 Å². The third-order valence-electron chi connectivity index (χ3n) is 7.30. The first-order valence-corrected chi connectivity index (χ1v) is 11.8. The summed E-state index contributed by atoms with van der Waals surface area (Å²) >= 11 is 6.58. The number of nitrogens with one attached hydrogen (secondary N) is 2. The molecule has 4 aromatic rings. The standard InChI is InChI=1S/C26H25ClFN5/c27-21-13-30-25(32-24-6-7-26(24)8-9-29-15-26)12-20(21)18-4-5-22-23(11-18)33(16-31-22)14-17-2-1-3-19(28)10-17/h1-5,10-13,16,24,29H,6-9,14-15H2,(H,30,32). The van der Waals surface area contributed by atoms with Crippen LogP contribution in [0.1, 0.15) is 24.8 Å². The number of benzene rings is 2. The van der Waals surface area contributed by atoms with Crippen molar-refractivity contribution in [3.8, 4) is 11.1 Å². The van der Waals surface area contributed by atoms with Crippen LogP contribution in [0, 0.1) is 11.2 Å².